The minimum Gasteiger partial charge on any atom is -0.493 e. The van der Waals surface area contributed by atoms with Crippen molar-refractivity contribution in [1.29, 1.82) is 0 Å². The van der Waals surface area contributed by atoms with Gasteiger partial charge in [-0.05, 0) is 79.4 Å². The van der Waals surface area contributed by atoms with Crippen LogP contribution in [0.1, 0.15) is 41.5 Å². The molecular weight excluding hydrogens is 524 g/mol. The number of aromatic nitrogens is 1. The van der Waals surface area contributed by atoms with Crippen molar-refractivity contribution in [3.05, 3.63) is 132 Å². The second kappa shape index (κ2) is 12.9. The lowest BCUT2D eigenvalue weighted by Gasteiger charge is -2.28. The molecule has 0 N–H and O–H groups in total. The molecule has 0 aliphatic carbocycles. The van der Waals surface area contributed by atoms with E-state index in [-0.39, 0.29) is 12.1 Å². The van der Waals surface area contributed by atoms with E-state index in [4.69, 9.17) is 13.9 Å². The first-order chi connectivity index (χ1) is 20.7. The fourth-order valence-electron chi connectivity index (χ4n) is 5.54. The van der Waals surface area contributed by atoms with E-state index >= 15 is 0 Å². The number of aryl methyl sites for hydroxylation is 1. The first-order valence-corrected chi connectivity index (χ1v) is 14.4. The third-order valence-electron chi connectivity index (χ3n) is 7.77. The van der Waals surface area contributed by atoms with Gasteiger partial charge in [0.2, 0.25) is 5.89 Å². The molecule has 42 heavy (non-hydrogen) atoms. The van der Waals surface area contributed by atoms with Crippen molar-refractivity contribution in [3.63, 3.8) is 0 Å². The number of aldehydes is 1. The van der Waals surface area contributed by atoms with Gasteiger partial charge in [-0.3, -0.25) is 4.90 Å². The van der Waals surface area contributed by atoms with E-state index in [2.05, 4.69) is 34.1 Å². The molecule has 4 aromatic carbocycles. The molecule has 0 radical (unpaired) electrons. The molecule has 0 bridgehead atoms. The van der Waals surface area contributed by atoms with E-state index < -0.39 is 0 Å². The van der Waals surface area contributed by atoms with Crippen LogP contribution in [0.15, 0.2) is 114 Å². The maximum absolute atomic E-state index is 11.9. The van der Waals surface area contributed by atoms with Gasteiger partial charge in [-0.2, -0.15) is 0 Å². The van der Waals surface area contributed by atoms with E-state index in [1.165, 1.54) is 5.56 Å². The smallest absolute Gasteiger partial charge is 0.226 e. The Bertz CT molecular complexity index is 1580. The maximum atomic E-state index is 11.9. The zero-order valence-electron chi connectivity index (χ0n) is 23.7. The van der Waals surface area contributed by atoms with Crippen molar-refractivity contribution in [1.82, 2.24) is 9.88 Å². The normalized spacial score (nSPS) is 16.8. The first kappa shape index (κ1) is 27.5. The molecule has 1 fully saturated rings. The summed E-state index contributed by atoms with van der Waals surface area (Å²) in [6, 6.07) is 36.1. The third-order valence-corrected chi connectivity index (χ3v) is 7.77. The summed E-state index contributed by atoms with van der Waals surface area (Å²) in [5, 5.41) is 0. The van der Waals surface area contributed by atoms with Crippen LogP contribution in [0.5, 0.6) is 17.2 Å². The second-order valence-electron chi connectivity index (χ2n) is 10.6. The standard InChI is InChI=1S/C36H34N2O4/c1-26-34(37-36(41-26)29-8-4-2-5-9-29)22-23-40-31-19-14-28(15-20-31)35-21-16-30(25-39)38(35)24-27-12-17-33(18-13-27)42-32-10-6-3-7-11-32/h2-15,17-20,25,30,35H,16,21-24H2,1H3/t30-,35-/m1/s1. The number of ether oxygens (including phenoxy) is 2. The SMILES string of the molecule is Cc1oc(-c2ccccc2)nc1CCOc1ccc([C@H]2CC[C@H](C=O)N2Cc2ccc(Oc3ccccc3)cc2)cc1. The number of rotatable bonds is 11. The fourth-order valence-corrected chi connectivity index (χ4v) is 5.54. The number of benzene rings is 4. The highest BCUT2D eigenvalue weighted by Crippen LogP contribution is 2.37. The van der Waals surface area contributed by atoms with Crippen LogP contribution in [0, 0.1) is 6.92 Å². The number of nitrogens with zero attached hydrogens (tertiary/aromatic N) is 2. The molecule has 1 aliphatic rings. The predicted molar refractivity (Wildman–Crippen MR) is 163 cm³/mol. The van der Waals surface area contributed by atoms with Crippen molar-refractivity contribution in [2.24, 2.45) is 0 Å². The molecule has 2 heterocycles. The zero-order chi connectivity index (χ0) is 28.7. The molecule has 6 rings (SSSR count). The van der Waals surface area contributed by atoms with Crippen molar-refractivity contribution >= 4 is 6.29 Å². The highest BCUT2D eigenvalue weighted by molar-refractivity contribution is 5.58. The summed E-state index contributed by atoms with van der Waals surface area (Å²) >= 11 is 0. The van der Waals surface area contributed by atoms with Crippen LogP contribution < -0.4 is 9.47 Å². The number of carbonyl (C=O) groups is 1. The molecule has 0 unspecified atom stereocenters. The Hall–Kier alpha value is -4.68. The van der Waals surface area contributed by atoms with Gasteiger partial charge in [0.1, 0.15) is 29.3 Å². The Morgan fingerprint density at radius 3 is 2.21 bits per heavy atom. The maximum Gasteiger partial charge on any atom is 0.226 e. The molecule has 1 aliphatic heterocycles. The van der Waals surface area contributed by atoms with Crippen LogP contribution in [0.4, 0.5) is 0 Å². The number of hydrogen-bond acceptors (Lipinski definition) is 6. The summed E-state index contributed by atoms with van der Waals surface area (Å²) in [6.45, 7) is 3.14. The Morgan fingerprint density at radius 1 is 0.833 bits per heavy atom. The third kappa shape index (κ3) is 6.45. The molecule has 5 aromatic rings. The summed E-state index contributed by atoms with van der Waals surface area (Å²) in [6.07, 6.45) is 3.54. The number of para-hydroxylation sites is 1. The fraction of sp³-hybridized carbons (Fsp3) is 0.222. The van der Waals surface area contributed by atoms with Gasteiger partial charge < -0.3 is 18.7 Å². The second-order valence-corrected chi connectivity index (χ2v) is 10.6. The van der Waals surface area contributed by atoms with Gasteiger partial charge in [0.25, 0.3) is 0 Å². The molecule has 1 aromatic heterocycles. The van der Waals surface area contributed by atoms with Crippen LogP contribution >= 0.6 is 0 Å². The zero-order valence-corrected chi connectivity index (χ0v) is 23.7. The Labute approximate surface area is 246 Å². The van der Waals surface area contributed by atoms with Gasteiger partial charge in [0.15, 0.2) is 0 Å². The summed E-state index contributed by atoms with van der Waals surface area (Å²) in [7, 11) is 0. The molecule has 0 amide bonds. The summed E-state index contributed by atoms with van der Waals surface area (Å²) in [5.74, 6) is 3.87. The minimum atomic E-state index is -0.0994. The summed E-state index contributed by atoms with van der Waals surface area (Å²) in [5.41, 5.74) is 4.21. The van der Waals surface area contributed by atoms with Gasteiger partial charge in [-0.25, -0.2) is 4.98 Å². The molecular formula is C36H34N2O4. The van der Waals surface area contributed by atoms with Crippen LogP contribution in [0.3, 0.4) is 0 Å². The predicted octanol–water partition coefficient (Wildman–Crippen LogP) is 7.97. The van der Waals surface area contributed by atoms with Crippen LogP contribution in [-0.4, -0.2) is 28.8 Å². The van der Waals surface area contributed by atoms with Crippen molar-refractivity contribution in [2.75, 3.05) is 6.61 Å². The average Bonchev–Trinajstić information content (AvgIpc) is 3.62. The minimum absolute atomic E-state index is 0.0994. The number of oxazole rings is 1. The van der Waals surface area contributed by atoms with Gasteiger partial charge in [-0.15, -0.1) is 0 Å². The van der Waals surface area contributed by atoms with Crippen LogP contribution in [0.2, 0.25) is 0 Å². The lowest BCUT2D eigenvalue weighted by Crippen LogP contribution is -2.32. The Morgan fingerprint density at radius 2 is 1.50 bits per heavy atom. The monoisotopic (exact) mass is 558 g/mol. The van der Waals surface area contributed by atoms with Crippen molar-refractivity contribution in [2.45, 2.75) is 44.8 Å². The molecule has 1 saturated heterocycles. The number of carbonyl (C=O) groups excluding carboxylic acids is 1. The topological polar surface area (TPSA) is 64.8 Å². The Kier molecular flexibility index (Phi) is 8.43. The van der Waals surface area contributed by atoms with E-state index in [9.17, 15) is 4.79 Å². The van der Waals surface area contributed by atoms with E-state index in [1.807, 2.05) is 91.9 Å². The summed E-state index contributed by atoms with van der Waals surface area (Å²) in [4.78, 5) is 18.9. The lowest BCUT2D eigenvalue weighted by atomic mass is 10.0. The van der Waals surface area contributed by atoms with Crippen LogP contribution in [-0.2, 0) is 17.8 Å². The first-order valence-electron chi connectivity index (χ1n) is 14.4. The quantitative estimate of drug-likeness (QED) is 0.153. The molecule has 6 nitrogen and oxygen atoms in total. The van der Waals surface area contributed by atoms with Gasteiger partial charge in [0.05, 0.1) is 18.3 Å². The van der Waals surface area contributed by atoms with Gasteiger partial charge in [-0.1, -0.05) is 60.7 Å². The van der Waals surface area contributed by atoms with Gasteiger partial charge >= 0.3 is 0 Å². The average molecular weight is 559 g/mol. The molecule has 0 spiro atoms. The molecule has 0 saturated carbocycles. The lowest BCUT2D eigenvalue weighted by molar-refractivity contribution is -0.112. The highest BCUT2D eigenvalue weighted by atomic mass is 16.5. The van der Waals surface area contributed by atoms with Crippen molar-refractivity contribution in [3.8, 4) is 28.7 Å². The highest BCUT2D eigenvalue weighted by Gasteiger charge is 2.34. The summed E-state index contributed by atoms with van der Waals surface area (Å²) < 4.78 is 17.9. The van der Waals surface area contributed by atoms with Crippen LogP contribution in [0.25, 0.3) is 11.5 Å². The number of hydrogen-bond donors (Lipinski definition) is 0. The van der Waals surface area contributed by atoms with Gasteiger partial charge in [0, 0.05) is 24.6 Å². The van der Waals surface area contributed by atoms with E-state index in [1.54, 1.807) is 0 Å². The molecule has 212 valence electrons. The van der Waals surface area contributed by atoms with E-state index in [0.717, 1.165) is 59.0 Å². The molecule has 2 atom stereocenters. The Balaban J connectivity index is 1.06. The van der Waals surface area contributed by atoms with Crippen molar-refractivity contribution < 1.29 is 18.7 Å². The molecule has 6 heteroatoms. The largest absolute Gasteiger partial charge is 0.493 e. The number of likely N-dealkylation sites (tertiary alicyclic amines) is 1. The van der Waals surface area contributed by atoms with E-state index in [0.29, 0.717) is 25.5 Å².